The SMILES string of the molecule is CC[Si](CC)(CC)C1CN(c2cccc(-n3[nH]nnc3=S)c2)CCN1c1cccc(-n2[nH]nnc2=S)c1. The van der Waals surface area contributed by atoms with Crippen molar-refractivity contribution in [3.05, 3.63) is 58.1 Å². The zero-order valence-corrected chi connectivity index (χ0v) is 24.0. The minimum absolute atomic E-state index is 0.418. The van der Waals surface area contributed by atoms with Gasteiger partial charge in [0.1, 0.15) is 0 Å². The van der Waals surface area contributed by atoms with Crippen LogP contribution in [-0.4, -0.2) is 73.8 Å². The molecule has 0 bridgehead atoms. The number of nitrogens with zero attached hydrogens (tertiary/aromatic N) is 8. The average molecular weight is 553 g/mol. The van der Waals surface area contributed by atoms with Crippen LogP contribution in [0.3, 0.4) is 0 Å². The van der Waals surface area contributed by atoms with E-state index in [2.05, 4.69) is 98.0 Å². The Morgan fingerprint density at radius 3 is 1.81 bits per heavy atom. The van der Waals surface area contributed by atoms with Gasteiger partial charge in [-0.15, -0.1) is 0 Å². The molecule has 1 unspecified atom stereocenters. The molecule has 37 heavy (non-hydrogen) atoms. The van der Waals surface area contributed by atoms with Gasteiger partial charge in [0.25, 0.3) is 0 Å². The molecule has 194 valence electrons. The fourth-order valence-corrected chi connectivity index (χ4v) is 10.5. The van der Waals surface area contributed by atoms with Crippen LogP contribution >= 0.6 is 24.4 Å². The first-order chi connectivity index (χ1) is 18.0. The number of hydrogen-bond acceptors (Lipinski definition) is 8. The first-order valence-corrected chi connectivity index (χ1v) is 16.2. The lowest BCUT2D eigenvalue weighted by molar-refractivity contribution is 0.596. The fourth-order valence-electron chi connectivity index (χ4n) is 5.68. The number of aromatic nitrogens is 8. The summed E-state index contributed by atoms with van der Waals surface area (Å²) >= 11 is 10.7. The third-order valence-corrected chi connectivity index (χ3v) is 14.7. The highest BCUT2D eigenvalue weighted by atomic mass is 32.1. The molecule has 1 fully saturated rings. The van der Waals surface area contributed by atoms with Gasteiger partial charge < -0.3 is 9.80 Å². The second kappa shape index (κ2) is 10.7. The quantitative estimate of drug-likeness (QED) is 0.240. The fraction of sp³-hybridized carbons (Fsp3) is 0.417. The molecule has 2 aromatic carbocycles. The monoisotopic (exact) mass is 552 g/mol. The lowest BCUT2D eigenvalue weighted by atomic mass is 10.2. The Balaban J connectivity index is 1.51. The van der Waals surface area contributed by atoms with Crippen LogP contribution in [0.2, 0.25) is 18.1 Å². The van der Waals surface area contributed by atoms with Gasteiger partial charge in [-0.3, -0.25) is 0 Å². The third-order valence-electron chi connectivity index (χ3n) is 8.02. The highest BCUT2D eigenvalue weighted by molar-refractivity contribution is 7.71. The molecular formula is C24H32N10S2Si. The van der Waals surface area contributed by atoms with Crippen LogP contribution in [0.15, 0.2) is 48.5 Å². The van der Waals surface area contributed by atoms with E-state index in [1.807, 2.05) is 12.1 Å². The van der Waals surface area contributed by atoms with Crippen molar-refractivity contribution < 1.29 is 0 Å². The molecule has 0 aliphatic carbocycles. The maximum atomic E-state index is 5.35. The molecule has 1 atom stereocenters. The van der Waals surface area contributed by atoms with Crippen molar-refractivity contribution in [1.82, 2.24) is 40.4 Å². The van der Waals surface area contributed by atoms with Crippen molar-refractivity contribution in [2.75, 3.05) is 29.4 Å². The van der Waals surface area contributed by atoms with Crippen molar-refractivity contribution in [2.45, 2.75) is 44.6 Å². The van der Waals surface area contributed by atoms with Gasteiger partial charge in [0.15, 0.2) is 0 Å². The van der Waals surface area contributed by atoms with Crippen LogP contribution in [0, 0.1) is 9.54 Å². The Bertz CT molecular complexity index is 1460. The number of benzene rings is 2. The van der Waals surface area contributed by atoms with Crippen molar-refractivity contribution in [2.24, 2.45) is 0 Å². The highest BCUT2D eigenvalue weighted by Crippen LogP contribution is 2.35. The number of nitrogens with one attached hydrogen (secondary N) is 2. The minimum Gasteiger partial charge on any atom is -0.368 e. The smallest absolute Gasteiger partial charge is 0.242 e. The molecule has 0 amide bonds. The standard InChI is InChI=1S/C24H32N10S2Si/c1-4-37(5-2,6-3)22-17-31(18-9-7-11-20(15-18)33-23(35)25-27-29-33)13-14-32(22)19-10-8-12-21(16-19)34-24(36)26-28-30-34/h7-12,15-16,22H,4-6,13-14,17H2,1-3H3,(H,25,29,35)(H,26,30,36). The number of aromatic amines is 2. The Morgan fingerprint density at radius 1 is 0.784 bits per heavy atom. The second-order valence-electron chi connectivity index (χ2n) is 9.45. The van der Waals surface area contributed by atoms with E-state index in [1.54, 1.807) is 9.36 Å². The molecule has 0 saturated carbocycles. The van der Waals surface area contributed by atoms with Crippen molar-refractivity contribution in [3.63, 3.8) is 0 Å². The van der Waals surface area contributed by atoms with Crippen LogP contribution in [-0.2, 0) is 0 Å². The molecule has 1 saturated heterocycles. The molecular weight excluding hydrogens is 521 g/mol. The van der Waals surface area contributed by atoms with E-state index in [0.29, 0.717) is 15.2 Å². The first kappa shape index (κ1) is 25.5. The van der Waals surface area contributed by atoms with E-state index in [0.717, 1.165) is 31.0 Å². The summed E-state index contributed by atoms with van der Waals surface area (Å²) in [5.74, 6) is 0. The molecule has 10 nitrogen and oxygen atoms in total. The van der Waals surface area contributed by atoms with Crippen LogP contribution in [0.4, 0.5) is 11.4 Å². The largest absolute Gasteiger partial charge is 0.368 e. The van der Waals surface area contributed by atoms with Gasteiger partial charge in [-0.1, -0.05) is 71.7 Å². The maximum absolute atomic E-state index is 5.35. The van der Waals surface area contributed by atoms with E-state index in [1.165, 1.54) is 29.5 Å². The number of tetrazole rings is 2. The first-order valence-electron chi connectivity index (χ1n) is 12.7. The van der Waals surface area contributed by atoms with Gasteiger partial charge in [-0.25, -0.2) is 9.36 Å². The molecule has 5 rings (SSSR count). The summed E-state index contributed by atoms with van der Waals surface area (Å²) < 4.78 is 4.32. The lowest BCUT2D eigenvalue weighted by Gasteiger charge is -2.51. The van der Waals surface area contributed by atoms with E-state index >= 15 is 0 Å². The van der Waals surface area contributed by atoms with Crippen molar-refractivity contribution >= 4 is 43.9 Å². The van der Waals surface area contributed by atoms with Gasteiger partial charge in [-0.05, 0) is 60.8 Å². The highest BCUT2D eigenvalue weighted by Gasteiger charge is 2.43. The van der Waals surface area contributed by atoms with E-state index in [-0.39, 0.29) is 0 Å². The summed E-state index contributed by atoms with van der Waals surface area (Å²) in [4.78, 5) is 5.18. The summed E-state index contributed by atoms with van der Waals surface area (Å²) in [6.07, 6.45) is 0. The summed E-state index contributed by atoms with van der Waals surface area (Å²) in [5, 5.41) is 21.3. The number of piperazine rings is 1. The van der Waals surface area contributed by atoms with Gasteiger partial charge in [-0.2, -0.15) is 10.4 Å². The predicted molar refractivity (Wildman–Crippen MR) is 154 cm³/mol. The molecule has 4 aromatic rings. The third kappa shape index (κ3) is 4.78. The summed E-state index contributed by atoms with van der Waals surface area (Å²) in [7, 11) is -1.63. The Morgan fingerprint density at radius 2 is 1.30 bits per heavy atom. The number of rotatable bonds is 8. The van der Waals surface area contributed by atoms with Gasteiger partial charge in [0.2, 0.25) is 9.54 Å². The number of H-pyrrole nitrogens is 2. The molecule has 1 aliphatic heterocycles. The Labute approximate surface area is 227 Å². The van der Waals surface area contributed by atoms with Gasteiger partial charge >= 0.3 is 0 Å². The lowest BCUT2D eigenvalue weighted by Crippen LogP contribution is -2.65. The maximum Gasteiger partial charge on any atom is 0.242 e. The van der Waals surface area contributed by atoms with E-state index in [4.69, 9.17) is 24.4 Å². The van der Waals surface area contributed by atoms with Crippen molar-refractivity contribution in [1.29, 1.82) is 0 Å². The summed E-state index contributed by atoms with van der Waals surface area (Å²) in [5.41, 5.74) is 4.75. The van der Waals surface area contributed by atoms with E-state index < -0.39 is 8.07 Å². The van der Waals surface area contributed by atoms with E-state index in [9.17, 15) is 0 Å². The van der Waals surface area contributed by atoms with Gasteiger partial charge in [0.05, 0.1) is 19.4 Å². The molecule has 2 N–H and O–H groups in total. The molecule has 0 spiro atoms. The molecule has 1 aliphatic rings. The average Bonchev–Trinajstić information content (AvgIpc) is 3.58. The van der Waals surface area contributed by atoms with Gasteiger partial charge in [0, 0.05) is 36.7 Å². The normalized spacial score (nSPS) is 16.4. The van der Waals surface area contributed by atoms with Crippen LogP contribution in [0.25, 0.3) is 11.4 Å². The predicted octanol–water partition coefficient (Wildman–Crippen LogP) is 4.71. The molecule has 0 radical (unpaired) electrons. The van der Waals surface area contributed by atoms with Crippen molar-refractivity contribution in [3.8, 4) is 11.4 Å². The Kier molecular flexibility index (Phi) is 7.35. The number of hydrogen-bond donors (Lipinski definition) is 2. The Hall–Kier alpha value is -3.16. The topological polar surface area (TPSA) is 99.5 Å². The summed E-state index contributed by atoms with van der Waals surface area (Å²) in [6, 6.07) is 20.7. The number of anilines is 2. The van der Waals surface area contributed by atoms with Crippen LogP contribution in [0.1, 0.15) is 20.8 Å². The minimum atomic E-state index is -1.63. The zero-order valence-electron chi connectivity index (χ0n) is 21.3. The zero-order chi connectivity index (χ0) is 26.0. The summed E-state index contributed by atoms with van der Waals surface area (Å²) in [6.45, 7) is 9.99. The molecule has 3 heterocycles. The molecule has 2 aromatic heterocycles. The van der Waals surface area contributed by atoms with Crippen LogP contribution < -0.4 is 9.80 Å². The van der Waals surface area contributed by atoms with Crippen LogP contribution in [0.5, 0.6) is 0 Å². The molecule has 13 heteroatoms. The second-order valence-corrected chi connectivity index (χ2v) is 15.7.